The summed E-state index contributed by atoms with van der Waals surface area (Å²) < 4.78 is 5.53. The van der Waals surface area contributed by atoms with Crippen LogP contribution in [0.1, 0.15) is 17.9 Å². The first-order chi connectivity index (χ1) is 11.7. The third kappa shape index (κ3) is 4.66. The summed E-state index contributed by atoms with van der Waals surface area (Å²) in [4.78, 5) is 9.43. The van der Waals surface area contributed by atoms with E-state index in [4.69, 9.17) is 9.40 Å². The van der Waals surface area contributed by atoms with E-state index in [1.54, 1.807) is 6.26 Å². The molecule has 0 amide bonds. The zero-order valence-electron chi connectivity index (χ0n) is 14.5. The van der Waals surface area contributed by atoms with Gasteiger partial charge in [-0.2, -0.15) is 0 Å². The van der Waals surface area contributed by atoms with E-state index in [1.165, 1.54) is 5.39 Å². The van der Waals surface area contributed by atoms with Crippen molar-refractivity contribution in [1.29, 1.82) is 0 Å². The molecule has 0 N–H and O–H groups in total. The second-order valence-corrected chi connectivity index (χ2v) is 6.44. The van der Waals surface area contributed by atoms with Crippen LogP contribution in [0.4, 0.5) is 0 Å². The highest BCUT2D eigenvalue weighted by molar-refractivity contribution is 5.78. The molecule has 24 heavy (non-hydrogen) atoms. The quantitative estimate of drug-likeness (QED) is 0.631. The van der Waals surface area contributed by atoms with Crippen molar-refractivity contribution in [3.8, 4) is 0 Å². The van der Waals surface area contributed by atoms with E-state index in [-0.39, 0.29) is 0 Å². The van der Waals surface area contributed by atoms with Crippen LogP contribution < -0.4 is 0 Å². The summed E-state index contributed by atoms with van der Waals surface area (Å²) in [5, 5.41) is 1.19. The second-order valence-electron chi connectivity index (χ2n) is 6.44. The fourth-order valence-electron chi connectivity index (χ4n) is 2.87. The fourth-order valence-corrected chi connectivity index (χ4v) is 2.87. The van der Waals surface area contributed by atoms with Crippen molar-refractivity contribution in [3.05, 3.63) is 66.2 Å². The van der Waals surface area contributed by atoms with Crippen LogP contribution in [0, 0.1) is 0 Å². The first kappa shape index (κ1) is 16.7. The Morgan fingerprint density at radius 2 is 1.79 bits per heavy atom. The lowest BCUT2D eigenvalue weighted by Gasteiger charge is -2.22. The van der Waals surface area contributed by atoms with Crippen LogP contribution in [0.2, 0.25) is 0 Å². The lowest BCUT2D eigenvalue weighted by molar-refractivity contribution is 0.220. The molecular weight excluding hydrogens is 298 g/mol. The molecule has 4 nitrogen and oxygen atoms in total. The largest absolute Gasteiger partial charge is 0.468 e. The van der Waals surface area contributed by atoms with E-state index < -0.39 is 0 Å². The van der Waals surface area contributed by atoms with Gasteiger partial charge in [0.1, 0.15) is 5.76 Å². The minimum Gasteiger partial charge on any atom is -0.468 e. The minimum atomic E-state index is 0.814. The van der Waals surface area contributed by atoms with Crippen LogP contribution in [0.15, 0.2) is 59.2 Å². The summed E-state index contributed by atoms with van der Waals surface area (Å²) in [6, 6.07) is 16.5. The summed E-state index contributed by atoms with van der Waals surface area (Å²) in [5.74, 6) is 1.00. The van der Waals surface area contributed by atoms with Crippen LogP contribution in [0.3, 0.4) is 0 Å². The van der Waals surface area contributed by atoms with Gasteiger partial charge in [-0.1, -0.05) is 24.3 Å². The van der Waals surface area contributed by atoms with Gasteiger partial charge in [-0.15, -0.1) is 0 Å². The van der Waals surface area contributed by atoms with Gasteiger partial charge in [-0.25, -0.2) is 0 Å². The van der Waals surface area contributed by atoms with E-state index in [0.717, 1.165) is 49.6 Å². The number of benzene rings is 1. The Kier molecular flexibility index (Phi) is 5.62. The van der Waals surface area contributed by atoms with Crippen molar-refractivity contribution in [2.24, 2.45) is 0 Å². The summed E-state index contributed by atoms with van der Waals surface area (Å²) in [6.45, 7) is 3.75. The topological polar surface area (TPSA) is 32.5 Å². The van der Waals surface area contributed by atoms with E-state index in [0.29, 0.717) is 0 Å². The van der Waals surface area contributed by atoms with Gasteiger partial charge in [0, 0.05) is 18.5 Å². The number of furan rings is 1. The lowest BCUT2D eigenvalue weighted by atomic mass is 10.2. The number of rotatable bonds is 8. The number of fused-ring (bicyclic) bond motifs is 1. The Bertz CT molecular complexity index is 752. The third-order valence-corrected chi connectivity index (χ3v) is 4.08. The van der Waals surface area contributed by atoms with Gasteiger partial charge in [0.15, 0.2) is 0 Å². The number of nitrogens with zero attached hydrogens (tertiary/aromatic N) is 3. The van der Waals surface area contributed by atoms with Crippen LogP contribution in [-0.2, 0) is 13.1 Å². The zero-order valence-corrected chi connectivity index (χ0v) is 14.5. The number of hydrogen-bond donors (Lipinski definition) is 0. The molecular formula is C20H25N3O. The maximum absolute atomic E-state index is 5.53. The van der Waals surface area contributed by atoms with Gasteiger partial charge < -0.3 is 9.32 Å². The van der Waals surface area contributed by atoms with Gasteiger partial charge in [0.2, 0.25) is 0 Å². The van der Waals surface area contributed by atoms with Crippen LogP contribution in [-0.4, -0.2) is 42.0 Å². The maximum Gasteiger partial charge on any atom is 0.117 e. The molecule has 3 rings (SSSR count). The first-order valence-electron chi connectivity index (χ1n) is 8.45. The highest BCUT2D eigenvalue weighted by Crippen LogP contribution is 2.15. The molecule has 2 heterocycles. The van der Waals surface area contributed by atoms with Crippen molar-refractivity contribution in [2.45, 2.75) is 19.5 Å². The van der Waals surface area contributed by atoms with Crippen LogP contribution in [0.25, 0.3) is 10.9 Å². The molecule has 0 aliphatic carbocycles. The van der Waals surface area contributed by atoms with Crippen LogP contribution in [0.5, 0.6) is 0 Å². The van der Waals surface area contributed by atoms with E-state index in [9.17, 15) is 0 Å². The lowest BCUT2D eigenvalue weighted by Crippen LogP contribution is -2.27. The van der Waals surface area contributed by atoms with Gasteiger partial charge in [-0.3, -0.25) is 9.88 Å². The van der Waals surface area contributed by atoms with Gasteiger partial charge in [0.25, 0.3) is 0 Å². The highest BCUT2D eigenvalue weighted by atomic mass is 16.3. The molecule has 4 heteroatoms. The van der Waals surface area contributed by atoms with Crippen LogP contribution >= 0.6 is 0 Å². The first-order valence-corrected chi connectivity index (χ1v) is 8.45. The monoisotopic (exact) mass is 323 g/mol. The highest BCUT2D eigenvalue weighted by Gasteiger charge is 2.10. The summed E-state index contributed by atoms with van der Waals surface area (Å²) >= 11 is 0. The number of aromatic nitrogens is 1. The Morgan fingerprint density at radius 1 is 0.917 bits per heavy atom. The van der Waals surface area contributed by atoms with E-state index in [1.807, 2.05) is 24.3 Å². The van der Waals surface area contributed by atoms with E-state index >= 15 is 0 Å². The number of hydrogen-bond acceptors (Lipinski definition) is 4. The van der Waals surface area contributed by atoms with Crippen molar-refractivity contribution in [3.63, 3.8) is 0 Å². The average Bonchev–Trinajstić information content (AvgIpc) is 3.07. The maximum atomic E-state index is 5.53. The summed E-state index contributed by atoms with van der Waals surface area (Å²) in [5.41, 5.74) is 2.16. The average molecular weight is 323 g/mol. The molecule has 0 saturated carbocycles. The molecule has 126 valence electrons. The molecule has 0 bridgehead atoms. The molecule has 3 aromatic rings. The molecule has 0 radical (unpaired) electrons. The van der Waals surface area contributed by atoms with Gasteiger partial charge >= 0.3 is 0 Å². The molecule has 1 aromatic carbocycles. The smallest absolute Gasteiger partial charge is 0.117 e. The molecule has 0 atom stereocenters. The zero-order chi connectivity index (χ0) is 16.8. The standard InChI is InChI=1S/C20H25N3O/c1-22(2)12-6-13-23(16-19-8-5-14-24-19)15-18-11-10-17-7-3-4-9-20(17)21-18/h3-5,7-11,14H,6,12-13,15-16H2,1-2H3. The molecule has 0 unspecified atom stereocenters. The molecule has 0 saturated heterocycles. The normalized spacial score (nSPS) is 11.7. The Balaban J connectivity index is 1.70. The van der Waals surface area contributed by atoms with Gasteiger partial charge in [-0.05, 0) is 51.3 Å². The molecule has 0 fully saturated rings. The van der Waals surface area contributed by atoms with Crippen molar-refractivity contribution in [2.75, 3.05) is 27.2 Å². The molecule has 0 aliphatic rings. The summed E-state index contributed by atoms with van der Waals surface area (Å²) in [6.07, 6.45) is 2.86. The fraction of sp³-hybridized carbons (Fsp3) is 0.350. The minimum absolute atomic E-state index is 0.814. The number of para-hydroxylation sites is 1. The Morgan fingerprint density at radius 3 is 2.58 bits per heavy atom. The van der Waals surface area contributed by atoms with Crippen molar-refractivity contribution < 1.29 is 4.42 Å². The molecule has 2 aromatic heterocycles. The second kappa shape index (κ2) is 8.08. The summed E-state index contributed by atoms with van der Waals surface area (Å²) in [7, 11) is 4.23. The Hall–Kier alpha value is -2.17. The third-order valence-electron chi connectivity index (χ3n) is 4.08. The predicted molar refractivity (Wildman–Crippen MR) is 97.7 cm³/mol. The SMILES string of the molecule is CN(C)CCCN(Cc1ccc2ccccc2n1)Cc1ccco1. The number of pyridine rings is 1. The molecule has 0 aliphatic heterocycles. The Labute approximate surface area is 143 Å². The van der Waals surface area contributed by atoms with Crippen molar-refractivity contribution in [1.82, 2.24) is 14.8 Å². The molecule has 0 spiro atoms. The van der Waals surface area contributed by atoms with Gasteiger partial charge in [0.05, 0.1) is 24.0 Å². The van der Waals surface area contributed by atoms with Crippen molar-refractivity contribution >= 4 is 10.9 Å². The predicted octanol–water partition coefficient (Wildman–Crippen LogP) is 3.78. The van der Waals surface area contributed by atoms with E-state index in [2.05, 4.69) is 48.2 Å².